The van der Waals surface area contributed by atoms with Gasteiger partial charge in [-0.25, -0.2) is 9.18 Å². The predicted octanol–water partition coefficient (Wildman–Crippen LogP) is 7.73. The molecule has 4 rings (SSSR count). The fourth-order valence-electron chi connectivity index (χ4n) is 5.51. The molecule has 0 radical (unpaired) electrons. The van der Waals surface area contributed by atoms with Crippen LogP contribution < -0.4 is 0 Å². The van der Waals surface area contributed by atoms with Crippen LogP contribution >= 0.6 is 11.8 Å². The van der Waals surface area contributed by atoms with E-state index in [4.69, 9.17) is 14.6 Å². The predicted molar refractivity (Wildman–Crippen MR) is 162 cm³/mol. The van der Waals surface area contributed by atoms with Crippen LogP contribution in [0, 0.1) is 24.6 Å². The Kier molecular flexibility index (Phi) is 10.5. The summed E-state index contributed by atoms with van der Waals surface area (Å²) in [6.07, 6.45) is 7.28. The molecule has 1 fully saturated rings. The van der Waals surface area contributed by atoms with Gasteiger partial charge in [-0.15, -0.1) is 0 Å². The molecule has 1 saturated carbocycles. The number of thioether (sulfide) groups is 1. The third kappa shape index (κ3) is 8.20. The topological polar surface area (TPSA) is 53.4 Å². The molecule has 0 bridgehead atoms. The van der Waals surface area contributed by atoms with Gasteiger partial charge in [0.05, 0.1) is 6.61 Å². The van der Waals surface area contributed by atoms with Crippen molar-refractivity contribution in [1.82, 2.24) is 9.78 Å². The molecule has 40 heavy (non-hydrogen) atoms. The van der Waals surface area contributed by atoms with Crippen molar-refractivity contribution in [2.24, 2.45) is 11.8 Å². The van der Waals surface area contributed by atoms with E-state index in [1.165, 1.54) is 5.69 Å². The Balaban J connectivity index is 1.50. The van der Waals surface area contributed by atoms with E-state index in [-0.39, 0.29) is 18.4 Å². The highest BCUT2D eigenvalue weighted by Gasteiger charge is 2.27. The summed E-state index contributed by atoms with van der Waals surface area (Å²) in [7, 11) is 0. The second-order valence-corrected chi connectivity index (χ2v) is 12.9. The van der Waals surface area contributed by atoms with Crippen LogP contribution in [0.4, 0.5) is 4.39 Å². The van der Waals surface area contributed by atoms with E-state index in [1.807, 2.05) is 69.8 Å². The summed E-state index contributed by atoms with van der Waals surface area (Å²) in [5.74, 6) is 1.37. The first kappa shape index (κ1) is 30.3. The standard InChI is InChI=1S/C33H43FN2O3S/c1-23-11-16-27(28(34)19-23)32-31(26-9-7-6-8-10-26)29(17-18-40-5)36(35-32)20-24-12-14-25(15-13-24)21-38-22-30(37)39-33(2,3)4/h6-11,16,19,24-25H,12-15,17-18,20-22H2,1-5H3. The average molecular weight is 567 g/mol. The molecule has 1 heterocycles. The first-order chi connectivity index (χ1) is 19.1. The zero-order chi connectivity index (χ0) is 28.7. The minimum absolute atomic E-state index is 0.00387. The maximum atomic E-state index is 15.3. The molecule has 0 saturated heterocycles. The molecule has 0 unspecified atom stereocenters. The maximum Gasteiger partial charge on any atom is 0.332 e. The number of aryl methyl sites for hydroxylation is 1. The van der Waals surface area contributed by atoms with E-state index in [0.29, 0.717) is 24.0 Å². The Morgan fingerprint density at radius 2 is 1.77 bits per heavy atom. The molecule has 7 heteroatoms. The first-order valence-corrected chi connectivity index (χ1v) is 15.7. The third-order valence-electron chi connectivity index (χ3n) is 7.43. The summed E-state index contributed by atoms with van der Waals surface area (Å²) in [6, 6.07) is 15.7. The van der Waals surface area contributed by atoms with Crippen molar-refractivity contribution in [3.8, 4) is 22.4 Å². The Bertz CT molecular complexity index is 1260. The van der Waals surface area contributed by atoms with Gasteiger partial charge in [0.2, 0.25) is 0 Å². The fraction of sp³-hybridized carbons (Fsp3) is 0.515. The number of hydrogen-bond acceptors (Lipinski definition) is 5. The Labute approximate surface area is 242 Å². The maximum absolute atomic E-state index is 15.3. The average Bonchev–Trinajstić information content (AvgIpc) is 3.25. The highest BCUT2D eigenvalue weighted by Crippen LogP contribution is 2.38. The van der Waals surface area contributed by atoms with E-state index in [2.05, 4.69) is 23.1 Å². The molecule has 5 nitrogen and oxygen atoms in total. The molecule has 216 valence electrons. The zero-order valence-electron chi connectivity index (χ0n) is 24.5. The molecule has 1 aliphatic rings. The highest BCUT2D eigenvalue weighted by molar-refractivity contribution is 7.98. The summed E-state index contributed by atoms with van der Waals surface area (Å²) < 4.78 is 28.5. The Morgan fingerprint density at radius 1 is 1.07 bits per heavy atom. The van der Waals surface area contributed by atoms with Crippen LogP contribution in [0.5, 0.6) is 0 Å². The summed E-state index contributed by atoms with van der Waals surface area (Å²) in [5.41, 5.74) is 4.98. The van der Waals surface area contributed by atoms with Crippen molar-refractivity contribution in [2.75, 3.05) is 25.2 Å². The third-order valence-corrected chi connectivity index (χ3v) is 8.05. The number of nitrogens with zero attached hydrogens (tertiary/aromatic N) is 2. The minimum Gasteiger partial charge on any atom is -0.458 e. The van der Waals surface area contributed by atoms with Crippen LogP contribution in [-0.2, 0) is 27.2 Å². The Morgan fingerprint density at radius 3 is 2.42 bits per heavy atom. The lowest BCUT2D eigenvalue weighted by atomic mass is 9.82. The highest BCUT2D eigenvalue weighted by atomic mass is 32.2. The van der Waals surface area contributed by atoms with Crippen LogP contribution in [0.25, 0.3) is 22.4 Å². The van der Waals surface area contributed by atoms with Gasteiger partial charge >= 0.3 is 5.97 Å². The number of aromatic nitrogens is 2. The SMILES string of the molecule is CSCCc1c(-c2ccccc2)c(-c2ccc(C)cc2F)nn1CC1CCC(COCC(=O)OC(C)(C)C)CC1. The fourth-order valence-corrected chi connectivity index (χ4v) is 5.91. The van der Waals surface area contributed by atoms with Crippen LogP contribution in [0.3, 0.4) is 0 Å². The van der Waals surface area contributed by atoms with E-state index >= 15 is 4.39 Å². The number of carbonyl (C=O) groups excluding carboxylic acids is 1. The molecule has 0 N–H and O–H groups in total. The molecule has 0 spiro atoms. The van der Waals surface area contributed by atoms with E-state index < -0.39 is 5.60 Å². The van der Waals surface area contributed by atoms with Gasteiger partial charge in [0.1, 0.15) is 23.7 Å². The van der Waals surface area contributed by atoms with Crippen molar-refractivity contribution in [3.05, 3.63) is 65.6 Å². The van der Waals surface area contributed by atoms with Crippen LogP contribution in [0.2, 0.25) is 0 Å². The van der Waals surface area contributed by atoms with Crippen molar-refractivity contribution in [3.63, 3.8) is 0 Å². The van der Waals surface area contributed by atoms with Crippen LogP contribution in [-0.4, -0.2) is 46.6 Å². The Hall–Kier alpha value is -2.64. The van der Waals surface area contributed by atoms with Crippen LogP contribution in [0.15, 0.2) is 48.5 Å². The monoisotopic (exact) mass is 566 g/mol. The van der Waals surface area contributed by atoms with Crippen molar-refractivity contribution in [1.29, 1.82) is 0 Å². The largest absolute Gasteiger partial charge is 0.458 e. The number of esters is 1. The number of rotatable bonds is 11. The molecule has 0 aliphatic heterocycles. The van der Waals surface area contributed by atoms with Gasteiger partial charge < -0.3 is 9.47 Å². The van der Waals surface area contributed by atoms with Crippen molar-refractivity contribution in [2.45, 2.75) is 71.9 Å². The summed E-state index contributed by atoms with van der Waals surface area (Å²) in [6.45, 7) is 8.91. The van der Waals surface area contributed by atoms with Crippen molar-refractivity contribution >= 4 is 17.7 Å². The number of benzene rings is 2. The van der Waals surface area contributed by atoms with E-state index in [1.54, 1.807) is 6.07 Å². The lowest BCUT2D eigenvalue weighted by Crippen LogP contribution is -2.28. The molecule has 1 aromatic heterocycles. The summed E-state index contributed by atoms with van der Waals surface area (Å²) in [5, 5.41) is 5.10. The van der Waals surface area contributed by atoms with Gasteiger partial charge in [-0.05, 0) is 107 Å². The van der Waals surface area contributed by atoms with Gasteiger partial charge in [0.15, 0.2) is 0 Å². The van der Waals surface area contributed by atoms with E-state index in [9.17, 15) is 4.79 Å². The lowest BCUT2D eigenvalue weighted by molar-refractivity contribution is -0.160. The van der Waals surface area contributed by atoms with Gasteiger partial charge in [0, 0.05) is 23.4 Å². The molecule has 3 aromatic rings. The number of ether oxygens (including phenoxy) is 2. The molecular weight excluding hydrogens is 523 g/mol. The molecule has 1 aliphatic carbocycles. The zero-order valence-corrected chi connectivity index (χ0v) is 25.4. The van der Waals surface area contributed by atoms with Gasteiger partial charge in [-0.2, -0.15) is 16.9 Å². The van der Waals surface area contributed by atoms with Crippen LogP contribution in [0.1, 0.15) is 57.7 Å². The summed E-state index contributed by atoms with van der Waals surface area (Å²) >= 11 is 1.82. The molecule has 0 atom stereocenters. The number of hydrogen-bond donors (Lipinski definition) is 0. The van der Waals surface area contributed by atoms with Crippen molar-refractivity contribution < 1.29 is 18.7 Å². The van der Waals surface area contributed by atoms with E-state index in [0.717, 1.165) is 66.8 Å². The summed E-state index contributed by atoms with van der Waals surface area (Å²) in [4.78, 5) is 12.0. The molecular formula is C33H43FN2O3S. The van der Waals surface area contributed by atoms with Gasteiger partial charge in [0.25, 0.3) is 0 Å². The first-order valence-electron chi connectivity index (χ1n) is 14.3. The lowest BCUT2D eigenvalue weighted by Gasteiger charge is -2.29. The second kappa shape index (κ2) is 13.8. The normalized spacial score (nSPS) is 17.6. The second-order valence-electron chi connectivity index (χ2n) is 11.9. The molecule has 0 amide bonds. The minimum atomic E-state index is -0.495. The quantitative estimate of drug-likeness (QED) is 0.222. The van der Waals surface area contributed by atoms with Gasteiger partial charge in [-0.3, -0.25) is 4.68 Å². The molecule has 2 aromatic carbocycles. The smallest absolute Gasteiger partial charge is 0.332 e. The number of carbonyl (C=O) groups is 1. The van der Waals surface area contributed by atoms with Gasteiger partial charge in [-0.1, -0.05) is 36.4 Å². The number of halogens is 1.